The number of esters is 1. The second kappa shape index (κ2) is 15.9. The van der Waals surface area contributed by atoms with Crippen molar-refractivity contribution in [2.45, 2.75) is 96.9 Å². The SMILES string of the molecule is CCCCC[C@H](CC(=O)N[C@@H](Cc1ccccc1)C(=O)N[C@@H](C)C(=O)O)OC(=O)[C@H](N)[C@@H](C)CC. The molecule has 196 valence electrons. The number of carbonyl (C=O) groups excluding carboxylic acids is 3. The van der Waals surface area contributed by atoms with Crippen molar-refractivity contribution in [1.82, 2.24) is 10.6 Å². The van der Waals surface area contributed by atoms with E-state index >= 15 is 0 Å². The van der Waals surface area contributed by atoms with Crippen LogP contribution in [-0.4, -0.2) is 53.1 Å². The Morgan fingerprint density at radius 3 is 2.26 bits per heavy atom. The van der Waals surface area contributed by atoms with Crippen LogP contribution in [0.1, 0.15) is 71.8 Å². The minimum absolute atomic E-state index is 0.0530. The van der Waals surface area contributed by atoms with Gasteiger partial charge in [0, 0.05) is 6.42 Å². The van der Waals surface area contributed by atoms with E-state index in [-0.39, 0.29) is 18.8 Å². The summed E-state index contributed by atoms with van der Waals surface area (Å²) in [4.78, 5) is 49.4. The van der Waals surface area contributed by atoms with E-state index in [2.05, 4.69) is 17.6 Å². The minimum atomic E-state index is -1.18. The zero-order valence-electron chi connectivity index (χ0n) is 21.3. The number of carboxylic acids is 1. The van der Waals surface area contributed by atoms with Crippen LogP contribution < -0.4 is 16.4 Å². The molecule has 0 aliphatic heterocycles. The number of unbranched alkanes of at least 4 members (excludes halogenated alkanes) is 2. The molecule has 0 aliphatic carbocycles. The topological polar surface area (TPSA) is 148 Å². The number of nitrogens with two attached hydrogens (primary N) is 1. The summed E-state index contributed by atoms with van der Waals surface area (Å²) in [5, 5.41) is 14.2. The second-order valence-electron chi connectivity index (χ2n) is 9.05. The Labute approximate surface area is 208 Å². The zero-order chi connectivity index (χ0) is 26.4. The van der Waals surface area contributed by atoms with Gasteiger partial charge in [-0.2, -0.15) is 0 Å². The lowest BCUT2D eigenvalue weighted by atomic mass is 10.00. The van der Waals surface area contributed by atoms with Gasteiger partial charge >= 0.3 is 11.9 Å². The van der Waals surface area contributed by atoms with Gasteiger partial charge in [-0.15, -0.1) is 0 Å². The Morgan fingerprint density at radius 1 is 1.03 bits per heavy atom. The molecule has 0 aliphatic rings. The van der Waals surface area contributed by atoms with Crippen LogP contribution in [0.25, 0.3) is 0 Å². The Hall–Kier alpha value is -2.94. The fraction of sp³-hybridized carbons (Fsp3) is 0.615. The number of carbonyl (C=O) groups is 4. The average molecular weight is 492 g/mol. The van der Waals surface area contributed by atoms with Gasteiger partial charge in [0.1, 0.15) is 24.2 Å². The van der Waals surface area contributed by atoms with Crippen LogP contribution in [-0.2, 0) is 30.3 Å². The number of ether oxygens (including phenoxy) is 1. The summed E-state index contributed by atoms with van der Waals surface area (Å²) in [6, 6.07) is 6.24. The molecule has 0 fully saturated rings. The quantitative estimate of drug-likeness (QED) is 0.205. The van der Waals surface area contributed by atoms with E-state index in [1.807, 2.05) is 44.2 Å². The average Bonchev–Trinajstić information content (AvgIpc) is 2.83. The smallest absolute Gasteiger partial charge is 0.325 e. The number of aliphatic carboxylic acids is 1. The molecule has 0 aromatic heterocycles. The van der Waals surface area contributed by atoms with Crippen molar-refractivity contribution in [2.24, 2.45) is 11.7 Å². The standard InChI is InChI=1S/C26H41N3O6/c1-5-7-9-14-20(35-26(34)23(27)17(3)6-2)16-22(30)29-21(15-19-12-10-8-11-13-19)24(31)28-18(4)25(32)33/h8,10-13,17-18,20-21,23H,5-7,9,14-16,27H2,1-4H3,(H,28,31)(H,29,30)(H,32,33)/t17-,18-,20+,21-,23+/m0/s1. The van der Waals surface area contributed by atoms with E-state index in [1.54, 1.807) is 0 Å². The summed E-state index contributed by atoms with van der Waals surface area (Å²) < 4.78 is 5.61. The molecule has 1 rings (SSSR count). The first-order valence-electron chi connectivity index (χ1n) is 12.4. The van der Waals surface area contributed by atoms with Crippen LogP contribution in [0.3, 0.4) is 0 Å². The molecule has 2 amide bonds. The van der Waals surface area contributed by atoms with Crippen molar-refractivity contribution in [3.8, 4) is 0 Å². The van der Waals surface area contributed by atoms with E-state index in [0.717, 1.165) is 31.2 Å². The summed E-state index contributed by atoms with van der Waals surface area (Å²) in [5.41, 5.74) is 6.81. The lowest BCUT2D eigenvalue weighted by Crippen LogP contribution is -2.52. The third-order valence-electron chi connectivity index (χ3n) is 6.02. The lowest BCUT2D eigenvalue weighted by Gasteiger charge is -2.24. The Bertz CT molecular complexity index is 817. The molecule has 9 heteroatoms. The van der Waals surface area contributed by atoms with Crippen LogP contribution in [0.5, 0.6) is 0 Å². The highest BCUT2D eigenvalue weighted by Crippen LogP contribution is 2.15. The van der Waals surface area contributed by atoms with Crippen LogP contribution in [0.4, 0.5) is 0 Å². The second-order valence-corrected chi connectivity index (χ2v) is 9.05. The Kier molecular flexibility index (Phi) is 13.6. The summed E-state index contributed by atoms with van der Waals surface area (Å²) in [7, 11) is 0. The Morgan fingerprint density at radius 2 is 1.69 bits per heavy atom. The highest BCUT2D eigenvalue weighted by Gasteiger charge is 2.28. The molecule has 0 saturated heterocycles. The van der Waals surface area contributed by atoms with Crippen LogP contribution in [0.15, 0.2) is 30.3 Å². The number of hydrogen-bond donors (Lipinski definition) is 4. The van der Waals surface area contributed by atoms with Gasteiger partial charge in [-0.05, 0) is 31.2 Å². The summed E-state index contributed by atoms with van der Waals surface area (Å²) in [6.07, 6.45) is 3.32. The predicted molar refractivity (Wildman–Crippen MR) is 133 cm³/mol. The number of hydrogen-bond acceptors (Lipinski definition) is 6. The predicted octanol–water partition coefficient (Wildman–Crippen LogP) is 2.56. The molecule has 35 heavy (non-hydrogen) atoms. The number of nitrogens with one attached hydrogen (secondary N) is 2. The number of benzene rings is 1. The fourth-order valence-corrected chi connectivity index (χ4v) is 3.45. The van der Waals surface area contributed by atoms with Crippen molar-refractivity contribution in [1.29, 1.82) is 0 Å². The van der Waals surface area contributed by atoms with Crippen molar-refractivity contribution < 1.29 is 29.0 Å². The third kappa shape index (κ3) is 11.4. The maximum atomic E-state index is 12.9. The normalized spacial score (nSPS) is 15.2. The molecule has 9 nitrogen and oxygen atoms in total. The summed E-state index contributed by atoms with van der Waals surface area (Å²) in [6.45, 7) is 7.21. The molecular weight excluding hydrogens is 450 g/mol. The first-order valence-corrected chi connectivity index (χ1v) is 12.4. The molecule has 5 N–H and O–H groups in total. The van der Waals surface area contributed by atoms with Crippen LogP contribution in [0, 0.1) is 5.92 Å². The maximum Gasteiger partial charge on any atom is 0.325 e. The highest BCUT2D eigenvalue weighted by molar-refractivity contribution is 5.90. The van der Waals surface area contributed by atoms with Gasteiger partial charge in [0.25, 0.3) is 0 Å². The van der Waals surface area contributed by atoms with E-state index < -0.39 is 48.0 Å². The highest BCUT2D eigenvalue weighted by atomic mass is 16.5. The van der Waals surface area contributed by atoms with Gasteiger partial charge in [-0.1, -0.05) is 70.4 Å². The minimum Gasteiger partial charge on any atom is -0.480 e. The van der Waals surface area contributed by atoms with Crippen molar-refractivity contribution in [3.63, 3.8) is 0 Å². The van der Waals surface area contributed by atoms with Crippen molar-refractivity contribution in [2.75, 3.05) is 0 Å². The molecule has 0 bridgehead atoms. The van der Waals surface area contributed by atoms with Gasteiger partial charge in [0.05, 0.1) is 6.42 Å². The van der Waals surface area contributed by atoms with Gasteiger partial charge < -0.3 is 26.2 Å². The van der Waals surface area contributed by atoms with Gasteiger partial charge in [-0.25, -0.2) is 0 Å². The first kappa shape index (κ1) is 30.1. The molecule has 0 radical (unpaired) electrons. The number of carboxylic acid groups (broad SMARTS) is 1. The molecule has 1 aromatic rings. The molecule has 0 saturated carbocycles. The maximum absolute atomic E-state index is 12.9. The largest absolute Gasteiger partial charge is 0.480 e. The number of amides is 2. The lowest BCUT2D eigenvalue weighted by molar-refractivity contribution is -0.153. The van der Waals surface area contributed by atoms with Crippen LogP contribution in [0.2, 0.25) is 0 Å². The molecule has 0 unspecified atom stereocenters. The first-order chi connectivity index (χ1) is 16.6. The monoisotopic (exact) mass is 491 g/mol. The zero-order valence-corrected chi connectivity index (χ0v) is 21.3. The third-order valence-corrected chi connectivity index (χ3v) is 6.02. The van der Waals surface area contributed by atoms with E-state index in [0.29, 0.717) is 6.42 Å². The Balaban J connectivity index is 2.93. The van der Waals surface area contributed by atoms with E-state index in [9.17, 15) is 19.2 Å². The van der Waals surface area contributed by atoms with Crippen molar-refractivity contribution in [3.05, 3.63) is 35.9 Å². The molecular formula is C26H41N3O6. The molecule has 0 heterocycles. The van der Waals surface area contributed by atoms with Gasteiger partial charge in [0.2, 0.25) is 11.8 Å². The van der Waals surface area contributed by atoms with E-state index in [1.165, 1.54) is 6.92 Å². The molecule has 1 aromatic carbocycles. The summed E-state index contributed by atoms with van der Waals surface area (Å²) in [5.74, 6) is -2.83. The molecule has 0 spiro atoms. The van der Waals surface area contributed by atoms with Gasteiger partial charge in [-0.3, -0.25) is 19.2 Å². The fourth-order valence-electron chi connectivity index (χ4n) is 3.45. The number of rotatable bonds is 16. The van der Waals surface area contributed by atoms with Gasteiger partial charge in [0.15, 0.2) is 0 Å². The van der Waals surface area contributed by atoms with E-state index in [4.69, 9.17) is 15.6 Å². The van der Waals surface area contributed by atoms with Crippen molar-refractivity contribution >= 4 is 23.8 Å². The summed E-state index contributed by atoms with van der Waals surface area (Å²) >= 11 is 0. The molecule has 5 atom stereocenters. The van der Waals surface area contributed by atoms with Crippen LogP contribution >= 0.6 is 0 Å².